The Balaban J connectivity index is 1.72. The molecule has 162 valence electrons. The Labute approximate surface area is 182 Å². The maximum absolute atomic E-state index is 12.5. The van der Waals surface area contributed by atoms with E-state index >= 15 is 0 Å². The van der Waals surface area contributed by atoms with E-state index in [4.69, 9.17) is 9.47 Å². The van der Waals surface area contributed by atoms with E-state index in [0.717, 1.165) is 10.6 Å². The van der Waals surface area contributed by atoms with Crippen LogP contribution < -0.4 is 19.1 Å². The van der Waals surface area contributed by atoms with Crippen molar-refractivity contribution in [3.63, 3.8) is 0 Å². The quantitative estimate of drug-likeness (QED) is 0.537. The van der Waals surface area contributed by atoms with Crippen LogP contribution in [0.1, 0.15) is 6.92 Å². The minimum absolute atomic E-state index is 0.362. The number of para-hydroxylation sites is 1. The number of ether oxygens (including phenoxy) is 2. The molecule has 0 fully saturated rings. The molecule has 0 atom stereocenters. The minimum Gasteiger partial charge on any atom is -0.494 e. The number of nitrogens with one attached hydrogen (secondary N) is 1. The smallest absolute Gasteiger partial charge is 0.245 e. The van der Waals surface area contributed by atoms with Gasteiger partial charge in [0.25, 0.3) is 0 Å². The number of carbonyl (C=O) groups excluding carboxylic acids is 1. The summed E-state index contributed by atoms with van der Waals surface area (Å²) in [7, 11) is -3.69. The highest BCUT2D eigenvalue weighted by molar-refractivity contribution is 7.92. The van der Waals surface area contributed by atoms with Crippen LogP contribution in [0, 0.1) is 0 Å². The van der Waals surface area contributed by atoms with Gasteiger partial charge in [0.1, 0.15) is 23.8 Å². The monoisotopic (exact) mass is 440 g/mol. The first-order valence-electron chi connectivity index (χ1n) is 9.68. The van der Waals surface area contributed by atoms with E-state index in [0.29, 0.717) is 35.2 Å². The van der Waals surface area contributed by atoms with Gasteiger partial charge < -0.3 is 14.8 Å². The lowest BCUT2D eigenvalue weighted by molar-refractivity contribution is -0.114. The van der Waals surface area contributed by atoms with Crippen molar-refractivity contribution >= 4 is 27.3 Å². The molecule has 0 saturated carbocycles. The van der Waals surface area contributed by atoms with Gasteiger partial charge in [-0.05, 0) is 55.5 Å². The van der Waals surface area contributed by atoms with Gasteiger partial charge in [0.15, 0.2) is 0 Å². The minimum atomic E-state index is -3.69. The van der Waals surface area contributed by atoms with Crippen molar-refractivity contribution in [3.05, 3.63) is 78.9 Å². The molecule has 0 saturated heterocycles. The average Bonchev–Trinajstić information content (AvgIpc) is 2.73. The summed E-state index contributed by atoms with van der Waals surface area (Å²) in [6.45, 7) is 2.01. The number of sulfonamides is 1. The maximum Gasteiger partial charge on any atom is 0.245 e. The van der Waals surface area contributed by atoms with E-state index < -0.39 is 15.9 Å². The van der Waals surface area contributed by atoms with E-state index in [1.165, 1.54) is 0 Å². The van der Waals surface area contributed by atoms with E-state index in [1.807, 2.05) is 37.3 Å². The van der Waals surface area contributed by atoms with Gasteiger partial charge >= 0.3 is 0 Å². The lowest BCUT2D eigenvalue weighted by Crippen LogP contribution is -2.37. The van der Waals surface area contributed by atoms with Crippen LogP contribution in [0.2, 0.25) is 0 Å². The number of hydrogen-bond acceptors (Lipinski definition) is 5. The molecule has 8 heteroatoms. The molecule has 31 heavy (non-hydrogen) atoms. The first kappa shape index (κ1) is 22.2. The fourth-order valence-corrected chi connectivity index (χ4v) is 3.72. The fourth-order valence-electron chi connectivity index (χ4n) is 2.87. The zero-order valence-corrected chi connectivity index (χ0v) is 18.1. The Bertz CT molecular complexity index is 1120. The third kappa shape index (κ3) is 6.48. The van der Waals surface area contributed by atoms with Gasteiger partial charge in [-0.1, -0.05) is 24.3 Å². The van der Waals surface area contributed by atoms with E-state index in [2.05, 4.69) is 5.32 Å². The number of rotatable bonds is 9. The SMILES string of the molecule is CCOc1cccc(NC(=O)CN(c2ccc(Oc3ccccc3)cc2)S(C)(=O)=O)c1. The van der Waals surface area contributed by atoms with Crippen LogP contribution in [0.15, 0.2) is 78.9 Å². The van der Waals surface area contributed by atoms with Crippen LogP contribution in [0.5, 0.6) is 17.2 Å². The van der Waals surface area contributed by atoms with Gasteiger partial charge in [-0.25, -0.2) is 8.42 Å². The molecule has 7 nitrogen and oxygen atoms in total. The maximum atomic E-state index is 12.5. The van der Waals surface area contributed by atoms with Gasteiger partial charge in [-0.3, -0.25) is 9.10 Å². The predicted octanol–water partition coefficient (Wildman–Crippen LogP) is 4.28. The summed E-state index contributed by atoms with van der Waals surface area (Å²) < 4.78 is 36.8. The third-order valence-electron chi connectivity index (χ3n) is 4.22. The topological polar surface area (TPSA) is 84.9 Å². The van der Waals surface area contributed by atoms with Crippen molar-refractivity contribution in [3.8, 4) is 17.2 Å². The summed E-state index contributed by atoms with van der Waals surface area (Å²) in [4.78, 5) is 12.5. The van der Waals surface area contributed by atoms with E-state index in [-0.39, 0.29) is 6.54 Å². The molecule has 0 spiro atoms. The lowest BCUT2D eigenvalue weighted by atomic mass is 10.3. The molecule has 3 rings (SSSR count). The Hall–Kier alpha value is -3.52. The normalized spacial score (nSPS) is 10.9. The van der Waals surface area contributed by atoms with Gasteiger partial charge in [0.05, 0.1) is 18.6 Å². The molecule has 0 aliphatic carbocycles. The molecule has 0 radical (unpaired) electrons. The van der Waals surface area contributed by atoms with Crippen LogP contribution >= 0.6 is 0 Å². The molecular formula is C23H24N2O5S. The molecular weight excluding hydrogens is 416 g/mol. The average molecular weight is 441 g/mol. The summed E-state index contributed by atoms with van der Waals surface area (Å²) in [5, 5.41) is 2.71. The van der Waals surface area contributed by atoms with Crippen molar-refractivity contribution in [2.45, 2.75) is 6.92 Å². The first-order chi connectivity index (χ1) is 14.8. The summed E-state index contributed by atoms with van der Waals surface area (Å²) in [6, 6.07) is 22.7. The summed E-state index contributed by atoms with van der Waals surface area (Å²) in [6.07, 6.45) is 1.06. The van der Waals surface area contributed by atoms with Crippen molar-refractivity contribution in [2.75, 3.05) is 29.0 Å². The molecule has 0 aliphatic rings. The van der Waals surface area contributed by atoms with E-state index in [9.17, 15) is 13.2 Å². The van der Waals surface area contributed by atoms with Gasteiger partial charge in [-0.15, -0.1) is 0 Å². The Kier molecular flexibility index (Phi) is 7.15. The number of nitrogens with zero attached hydrogens (tertiary/aromatic N) is 1. The number of anilines is 2. The zero-order chi connectivity index (χ0) is 22.3. The summed E-state index contributed by atoms with van der Waals surface area (Å²) >= 11 is 0. The van der Waals surface area contributed by atoms with Gasteiger partial charge in [0.2, 0.25) is 15.9 Å². The first-order valence-corrected chi connectivity index (χ1v) is 11.5. The number of benzene rings is 3. The molecule has 0 aromatic heterocycles. The molecule has 0 bridgehead atoms. The zero-order valence-electron chi connectivity index (χ0n) is 17.3. The lowest BCUT2D eigenvalue weighted by Gasteiger charge is -2.22. The second-order valence-electron chi connectivity index (χ2n) is 6.69. The standard InChI is InChI=1S/C23H24N2O5S/c1-3-29-22-11-7-8-18(16-22)24-23(26)17-25(31(2,27)28)19-12-14-21(15-13-19)30-20-9-5-4-6-10-20/h4-16H,3,17H2,1-2H3,(H,24,26). The van der Waals surface area contributed by atoms with Gasteiger partial charge in [-0.2, -0.15) is 0 Å². The van der Waals surface area contributed by atoms with Gasteiger partial charge in [0, 0.05) is 11.8 Å². The second kappa shape index (κ2) is 9.99. The highest BCUT2D eigenvalue weighted by Gasteiger charge is 2.21. The van der Waals surface area contributed by atoms with Crippen molar-refractivity contribution in [1.29, 1.82) is 0 Å². The molecule has 3 aromatic carbocycles. The highest BCUT2D eigenvalue weighted by Crippen LogP contribution is 2.25. The van der Waals surface area contributed by atoms with Crippen molar-refractivity contribution in [2.24, 2.45) is 0 Å². The summed E-state index contributed by atoms with van der Waals surface area (Å²) in [5.41, 5.74) is 0.886. The third-order valence-corrected chi connectivity index (χ3v) is 5.36. The fraction of sp³-hybridized carbons (Fsp3) is 0.174. The van der Waals surface area contributed by atoms with Crippen LogP contribution in [-0.4, -0.2) is 33.7 Å². The molecule has 1 N–H and O–H groups in total. The second-order valence-corrected chi connectivity index (χ2v) is 8.59. The number of hydrogen-bond donors (Lipinski definition) is 1. The molecule has 0 unspecified atom stereocenters. The molecule has 0 heterocycles. The van der Waals surface area contributed by atoms with Crippen LogP contribution in [0.4, 0.5) is 11.4 Å². The Morgan fingerprint density at radius 2 is 1.55 bits per heavy atom. The highest BCUT2D eigenvalue weighted by atomic mass is 32.2. The summed E-state index contributed by atoms with van der Waals surface area (Å²) in [5.74, 6) is 1.38. The molecule has 0 aliphatic heterocycles. The Morgan fingerprint density at radius 3 is 2.19 bits per heavy atom. The predicted molar refractivity (Wildman–Crippen MR) is 121 cm³/mol. The van der Waals surface area contributed by atoms with Crippen molar-refractivity contribution < 1.29 is 22.7 Å². The van der Waals surface area contributed by atoms with Crippen LogP contribution in [0.25, 0.3) is 0 Å². The molecule has 3 aromatic rings. The van der Waals surface area contributed by atoms with Crippen molar-refractivity contribution in [1.82, 2.24) is 0 Å². The van der Waals surface area contributed by atoms with Crippen LogP contribution in [0.3, 0.4) is 0 Å². The number of carbonyl (C=O) groups is 1. The van der Waals surface area contributed by atoms with Crippen LogP contribution in [-0.2, 0) is 14.8 Å². The largest absolute Gasteiger partial charge is 0.494 e. The number of amides is 1. The Morgan fingerprint density at radius 1 is 0.903 bits per heavy atom. The molecule has 1 amide bonds. The van der Waals surface area contributed by atoms with E-state index in [1.54, 1.807) is 48.5 Å².